The SMILES string of the molecule is O=C1OC(=CO)CN1CCO. The van der Waals surface area contributed by atoms with Gasteiger partial charge in [-0.25, -0.2) is 4.79 Å². The third kappa shape index (κ3) is 1.62. The van der Waals surface area contributed by atoms with Gasteiger partial charge in [0.1, 0.15) is 6.26 Å². The molecular formula is C6H9NO4. The van der Waals surface area contributed by atoms with Crippen molar-refractivity contribution in [2.45, 2.75) is 0 Å². The first kappa shape index (κ1) is 7.87. The number of carbonyl (C=O) groups excluding carboxylic acids is 1. The number of aliphatic hydroxyl groups is 2. The van der Waals surface area contributed by atoms with Gasteiger partial charge in [-0.05, 0) is 0 Å². The molecule has 0 radical (unpaired) electrons. The molecule has 1 fully saturated rings. The normalized spacial score (nSPS) is 21.0. The van der Waals surface area contributed by atoms with Gasteiger partial charge in [-0.15, -0.1) is 0 Å². The fraction of sp³-hybridized carbons (Fsp3) is 0.500. The number of amides is 1. The maximum atomic E-state index is 10.8. The molecule has 1 rings (SSSR count). The monoisotopic (exact) mass is 159 g/mol. The maximum absolute atomic E-state index is 10.8. The standard InChI is InChI=1S/C6H9NO4/c8-2-1-7-3-5(4-9)11-6(7)10/h4,8-9H,1-3H2. The largest absolute Gasteiger partial charge is 0.512 e. The highest BCUT2D eigenvalue weighted by Crippen LogP contribution is 2.12. The molecule has 1 heterocycles. The van der Waals surface area contributed by atoms with Crippen molar-refractivity contribution in [1.29, 1.82) is 0 Å². The van der Waals surface area contributed by atoms with Crippen LogP contribution in [0.25, 0.3) is 0 Å². The first-order valence-electron chi connectivity index (χ1n) is 3.19. The van der Waals surface area contributed by atoms with Crippen molar-refractivity contribution in [3.05, 3.63) is 12.0 Å². The second-order valence-corrected chi connectivity index (χ2v) is 2.11. The van der Waals surface area contributed by atoms with Gasteiger partial charge in [0.05, 0.1) is 13.2 Å². The molecule has 0 spiro atoms. The van der Waals surface area contributed by atoms with E-state index in [1.807, 2.05) is 0 Å². The maximum Gasteiger partial charge on any atom is 0.415 e. The smallest absolute Gasteiger partial charge is 0.415 e. The average molecular weight is 159 g/mol. The molecule has 1 amide bonds. The zero-order valence-corrected chi connectivity index (χ0v) is 5.86. The lowest BCUT2D eigenvalue weighted by Crippen LogP contribution is -2.27. The summed E-state index contributed by atoms with van der Waals surface area (Å²) in [4.78, 5) is 12.1. The van der Waals surface area contributed by atoms with Crippen molar-refractivity contribution < 1.29 is 19.7 Å². The summed E-state index contributed by atoms with van der Waals surface area (Å²) in [6, 6.07) is 0. The second-order valence-electron chi connectivity index (χ2n) is 2.11. The van der Waals surface area contributed by atoms with E-state index in [4.69, 9.17) is 10.2 Å². The fourth-order valence-corrected chi connectivity index (χ4v) is 0.820. The fourth-order valence-electron chi connectivity index (χ4n) is 0.820. The Kier molecular flexibility index (Phi) is 2.32. The van der Waals surface area contributed by atoms with E-state index in [9.17, 15) is 4.79 Å². The second kappa shape index (κ2) is 3.25. The van der Waals surface area contributed by atoms with Gasteiger partial charge in [0.15, 0.2) is 5.76 Å². The number of hydrogen-bond acceptors (Lipinski definition) is 4. The molecule has 0 saturated carbocycles. The van der Waals surface area contributed by atoms with E-state index >= 15 is 0 Å². The van der Waals surface area contributed by atoms with Crippen LogP contribution >= 0.6 is 0 Å². The summed E-state index contributed by atoms with van der Waals surface area (Å²) in [6.07, 6.45) is 0.217. The number of aliphatic hydroxyl groups excluding tert-OH is 2. The number of β-amino-alcohol motifs (C(OH)–C–C–N with tert-alkyl or cyclic N) is 1. The molecule has 0 bridgehead atoms. The summed E-state index contributed by atoms with van der Waals surface area (Å²) in [7, 11) is 0. The lowest BCUT2D eigenvalue weighted by molar-refractivity contribution is 0.157. The molecular weight excluding hydrogens is 150 g/mol. The molecule has 5 nitrogen and oxygen atoms in total. The third-order valence-corrected chi connectivity index (χ3v) is 1.34. The zero-order valence-electron chi connectivity index (χ0n) is 5.86. The van der Waals surface area contributed by atoms with Crippen molar-refractivity contribution in [2.24, 2.45) is 0 Å². The predicted molar refractivity (Wildman–Crippen MR) is 35.9 cm³/mol. The van der Waals surface area contributed by atoms with E-state index in [0.717, 1.165) is 6.26 Å². The molecule has 0 aromatic rings. The Morgan fingerprint density at radius 2 is 2.45 bits per heavy atom. The first-order chi connectivity index (χ1) is 5.27. The highest BCUT2D eigenvalue weighted by atomic mass is 16.6. The highest BCUT2D eigenvalue weighted by molar-refractivity contribution is 5.71. The lowest BCUT2D eigenvalue weighted by Gasteiger charge is -2.07. The van der Waals surface area contributed by atoms with Gasteiger partial charge < -0.3 is 14.9 Å². The van der Waals surface area contributed by atoms with E-state index in [0.29, 0.717) is 0 Å². The molecule has 11 heavy (non-hydrogen) atoms. The van der Waals surface area contributed by atoms with Gasteiger partial charge in [0.2, 0.25) is 0 Å². The van der Waals surface area contributed by atoms with Crippen LogP contribution in [0.15, 0.2) is 12.0 Å². The van der Waals surface area contributed by atoms with E-state index < -0.39 is 6.09 Å². The van der Waals surface area contributed by atoms with Crippen LogP contribution in [0, 0.1) is 0 Å². The molecule has 0 aromatic heterocycles. The van der Waals surface area contributed by atoms with Gasteiger partial charge in [-0.3, -0.25) is 4.90 Å². The minimum atomic E-state index is -0.528. The molecule has 62 valence electrons. The zero-order chi connectivity index (χ0) is 8.27. The van der Waals surface area contributed by atoms with Gasteiger partial charge in [-0.2, -0.15) is 0 Å². The van der Waals surface area contributed by atoms with Gasteiger partial charge >= 0.3 is 6.09 Å². The van der Waals surface area contributed by atoms with Crippen molar-refractivity contribution in [2.75, 3.05) is 19.7 Å². The molecule has 1 aliphatic rings. The summed E-state index contributed by atoms with van der Waals surface area (Å²) in [5.74, 6) is 0.212. The number of cyclic esters (lactones) is 1. The molecule has 5 heteroatoms. The summed E-state index contributed by atoms with van der Waals surface area (Å²) in [5.41, 5.74) is 0. The minimum Gasteiger partial charge on any atom is -0.512 e. The molecule has 0 aromatic carbocycles. The Morgan fingerprint density at radius 3 is 2.91 bits per heavy atom. The van der Waals surface area contributed by atoms with Gasteiger partial charge in [-0.1, -0.05) is 0 Å². The third-order valence-electron chi connectivity index (χ3n) is 1.34. The molecule has 0 atom stereocenters. The van der Waals surface area contributed by atoms with Crippen LogP contribution in [0.5, 0.6) is 0 Å². The van der Waals surface area contributed by atoms with Crippen LogP contribution in [-0.2, 0) is 4.74 Å². The molecule has 1 saturated heterocycles. The van der Waals surface area contributed by atoms with Crippen LogP contribution in [0.4, 0.5) is 4.79 Å². The van der Waals surface area contributed by atoms with Crippen molar-refractivity contribution in [1.82, 2.24) is 4.90 Å². The molecule has 2 N–H and O–H groups in total. The molecule has 0 aliphatic carbocycles. The molecule has 1 aliphatic heterocycles. The van der Waals surface area contributed by atoms with E-state index in [-0.39, 0.29) is 25.5 Å². The Hall–Kier alpha value is -1.23. The van der Waals surface area contributed by atoms with Crippen LogP contribution < -0.4 is 0 Å². The first-order valence-corrected chi connectivity index (χ1v) is 3.19. The number of carbonyl (C=O) groups is 1. The predicted octanol–water partition coefficient (Wildman–Crippen LogP) is -0.170. The Morgan fingerprint density at radius 1 is 1.73 bits per heavy atom. The van der Waals surface area contributed by atoms with E-state index in [2.05, 4.69) is 4.74 Å². The lowest BCUT2D eigenvalue weighted by atomic mass is 10.5. The number of rotatable bonds is 2. The summed E-state index contributed by atoms with van der Waals surface area (Å²) in [5, 5.41) is 16.9. The summed E-state index contributed by atoms with van der Waals surface area (Å²) < 4.78 is 4.56. The molecule has 0 unspecified atom stereocenters. The Labute approximate surface area is 63.5 Å². The number of hydrogen-bond donors (Lipinski definition) is 2. The number of ether oxygens (including phenoxy) is 1. The summed E-state index contributed by atoms with van der Waals surface area (Å²) >= 11 is 0. The quantitative estimate of drug-likeness (QED) is 0.549. The number of nitrogens with zero attached hydrogens (tertiary/aromatic N) is 1. The van der Waals surface area contributed by atoms with Crippen molar-refractivity contribution in [3.8, 4) is 0 Å². The van der Waals surface area contributed by atoms with Gasteiger partial charge in [0, 0.05) is 6.54 Å². The van der Waals surface area contributed by atoms with E-state index in [1.54, 1.807) is 0 Å². The van der Waals surface area contributed by atoms with Crippen molar-refractivity contribution in [3.63, 3.8) is 0 Å². The van der Waals surface area contributed by atoms with Crippen LogP contribution in [0.3, 0.4) is 0 Å². The van der Waals surface area contributed by atoms with E-state index in [1.165, 1.54) is 4.90 Å². The minimum absolute atomic E-state index is 0.103. The van der Waals surface area contributed by atoms with Crippen LogP contribution in [0.2, 0.25) is 0 Å². The van der Waals surface area contributed by atoms with Gasteiger partial charge in [0.25, 0.3) is 0 Å². The average Bonchev–Trinajstić information content (AvgIpc) is 2.33. The van der Waals surface area contributed by atoms with Crippen LogP contribution in [0.1, 0.15) is 0 Å². The Balaban J connectivity index is 2.52. The van der Waals surface area contributed by atoms with Crippen LogP contribution in [-0.4, -0.2) is 40.9 Å². The summed E-state index contributed by atoms with van der Waals surface area (Å²) in [6.45, 7) is 0.361. The Bertz CT molecular complexity index is 189. The highest BCUT2D eigenvalue weighted by Gasteiger charge is 2.25. The topological polar surface area (TPSA) is 70.0 Å². The van der Waals surface area contributed by atoms with Crippen molar-refractivity contribution >= 4 is 6.09 Å².